The molecule has 0 aliphatic heterocycles. The molecule has 110 valence electrons. The van der Waals surface area contributed by atoms with Crippen LogP contribution in [0.4, 0.5) is 14.5 Å². The molecule has 0 saturated carbocycles. The first-order chi connectivity index (χ1) is 9.88. The van der Waals surface area contributed by atoms with Gasteiger partial charge in [-0.05, 0) is 49.7 Å². The van der Waals surface area contributed by atoms with Crippen LogP contribution >= 0.6 is 0 Å². The van der Waals surface area contributed by atoms with Crippen LogP contribution in [-0.2, 0) is 0 Å². The van der Waals surface area contributed by atoms with Gasteiger partial charge in [-0.1, -0.05) is 6.07 Å². The molecule has 3 N–H and O–H groups in total. The molecular formula is C16H16F2N2O. The monoisotopic (exact) mass is 290 g/mol. The second kappa shape index (κ2) is 5.91. The van der Waals surface area contributed by atoms with Crippen LogP contribution in [0.1, 0.15) is 34.5 Å². The lowest BCUT2D eigenvalue weighted by Gasteiger charge is -2.17. The molecule has 0 aromatic heterocycles. The Bertz CT molecular complexity index is 686. The van der Waals surface area contributed by atoms with Crippen LogP contribution in [0, 0.1) is 18.6 Å². The molecule has 1 unspecified atom stereocenters. The number of primary amides is 1. The molecule has 0 heterocycles. The summed E-state index contributed by atoms with van der Waals surface area (Å²) < 4.78 is 27.5. The van der Waals surface area contributed by atoms with Crippen LogP contribution in [-0.4, -0.2) is 5.91 Å². The highest BCUT2D eigenvalue weighted by atomic mass is 19.1. The van der Waals surface area contributed by atoms with Gasteiger partial charge in [-0.3, -0.25) is 4.79 Å². The molecule has 0 saturated heterocycles. The Morgan fingerprint density at radius 1 is 1.19 bits per heavy atom. The molecule has 0 radical (unpaired) electrons. The number of nitrogens with two attached hydrogens (primary N) is 1. The molecule has 2 aromatic carbocycles. The van der Waals surface area contributed by atoms with Crippen molar-refractivity contribution in [3.05, 3.63) is 64.7 Å². The molecule has 2 aromatic rings. The average Bonchev–Trinajstić information content (AvgIpc) is 2.43. The van der Waals surface area contributed by atoms with Crippen molar-refractivity contribution < 1.29 is 13.6 Å². The lowest BCUT2D eigenvalue weighted by atomic mass is 10.0. The average molecular weight is 290 g/mol. The number of halogens is 2. The van der Waals surface area contributed by atoms with E-state index in [0.29, 0.717) is 11.3 Å². The van der Waals surface area contributed by atoms with E-state index in [9.17, 15) is 13.6 Å². The summed E-state index contributed by atoms with van der Waals surface area (Å²) >= 11 is 0. The van der Waals surface area contributed by atoms with Crippen molar-refractivity contribution in [2.24, 2.45) is 5.73 Å². The molecule has 0 spiro atoms. The van der Waals surface area contributed by atoms with E-state index in [1.807, 2.05) is 0 Å². The van der Waals surface area contributed by atoms with Gasteiger partial charge in [0, 0.05) is 16.8 Å². The maximum absolute atomic E-state index is 13.9. The Kier molecular flexibility index (Phi) is 4.21. The van der Waals surface area contributed by atoms with Gasteiger partial charge >= 0.3 is 0 Å². The van der Waals surface area contributed by atoms with E-state index in [1.165, 1.54) is 19.1 Å². The Balaban J connectivity index is 2.26. The van der Waals surface area contributed by atoms with Crippen molar-refractivity contribution in [3.8, 4) is 0 Å². The number of amides is 1. The zero-order valence-electron chi connectivity index (χ0n) is 11.8. The van der Waals surface area contributed by atoms with Gasteiger partial charge in [0.25, 0.3) is 0 Å². The SMILES string of the molecule is Cc1cc(F)c(C(C)Nc2cccc(C(N)=O)c2)cc1F. The van der Waals surface area contributed by atoms with Crippen LogP contribution in [0.25, 0.3) is 0 Å². The predicted octanol–water partition coefficient (Wildman–Crippen LogP) is 3.55. The van der Waals surface area contributed by atoms with Crippen molar-refractivity contribution in [2.75, 3.05) is 5.32 Å². The normalized spacial score (nSPS) is 12.0. The number of carbonyl (C=O) groups excluding carboxylic acids is 1. The molecule has 0 bridgehead atoms. The first-order valence-electron chi connectivity index (χ1n) is 6.50. The first kappa shape index (κ1) is 15.0. The number of hydrogen-bond acceptors (Lipinski definition) is 2. The number of benzene rings is 2. The summed E-state index contributed by atoms with van der Waals surface area (Å²) in [5.74, 6) is -1.47. The van der Waals surface area contributed by atoms with E-state index < -0.39 is 23.6 Å². The van der Waals surface area contributed by atoms with Crippen molar-refractivity contribution in [3.63, 3.8) is 0 Å². The zero-order valence-corrected chi connectivity index (χ0v) is 11.8. The molecule has 21 heavy (non-hydrogen) atoms. The molecule has 1 amide bonds. The minimum atomic E-state index is -0.543. The van der Waals surface area contributed by atoms with E-state index in [0.717, 1.165) is 0 Å². The molecule has 0 fully saturated rings. The van der Waals surface area contributed by atoms with Gasteiger partial charge in [-0.2, -0.15) is 0 Å². The third-order valence-electron chi connectivity index (χ3n) is 3.27. The highest BCUT2D eigenvalue weighted by molar-refractivity contribution is 5.93. The number of rotatable bonds is 4. The van der Waals surface area contributed by atoms with Gasteiger partial charge in [0.2, 0.25) is 5.91 Å². The standard InChI is InChI=1S/C16H16F2N2O/c1-9-6-15(18)13(8-14(9)17)10(2)20-12-5-3-4-11(7-12)16(19)21/h3-8,10,20H,1-2H3,(H2,19,21). The summed E-state index contributed by atoms with van der Waals surface area (Å²) in [7, 11) is 0. The number of aryl methyl sites for hydroxylation is 1. The largest absolute Gasteiger partial charge is 0.378 e. The maximum Gasteiger partial charge on any atom is 0.248 e. The predicted molar refractivity (Wildman–Crippen MR) is 78.1 cm³/mol. The van der Waals surface area contributed by atoms with Gasteiger partial charge in [-0.15, -0.1) is 0 Å². The number of carbonyl (C=O) groups is 1. The summed E-state index contributed by atoms with van der Waals surface area (Å²) in [6, 6.07) is 8.45. The lowest BCUT2D eigenvalue weighted by molar-refractivity contribution is 0.100. The van der Waals surface area contributed by atoms with Crippen molar-refractivity contribution in [1.82, 2.24) is 0 Å². The van der Waals surface area contributed by atoms with E-state index in [2.05, 4.69) is 5.32 Å². The highest BCUT2D eigenvalue weighted by Gasteiger charge is 2.14. The van der Waals surface area contributed by atoms with Crippen LogP contribution < -0.4 is 11.1 Å². The summed E-state index contributed by atoms with van der Waals surface area (Å²) in [6.07, 6.45) is 0. The van der Waals surface area contributed by atoms with Gasteiger partial charge in [0.1, 0.15) is 11.6 Å². The van der Waals surface area contributed by atoms with Gasteiger partial charge in [0.05, 0.1) is 6.04 Å². The Morgan fingerprint density at radius 2 is 1.90 bits per heavy atom. The first-order valence-corrected chi connectivity index (χ1v) is 6.50. The van der Waals surface area contributed by atoms with Crippen molar-refractivity contribution in [2.45, 2.75) is 19.9 Å². The van der Waals surface area contributed by atoms with E-state index >= 15 is 0 Å². The van der Waals surface area contributed by atoms with Gasteiger partial charge in [0.15, 0.2) is 0 Å². The Hall–Kier alpha value is -2.43. The van der Waals surface area contributed by atoms with Crippen molar-refractivity contribution >= 4 is 11.6 Å². The second-order valence-electron chi connectivity index (χ2n) is 4.93. The van der Waals surface area contributed by atoms with Crippen LogP contribution in [0.5, 0.6) is 0 Å². The third-order valence-corrected chi connectivity index (χ3v) is 3.27. The minimum Gasteiger partial charge on any atom is -0.378 e. The molecule has 5 heteroatoms. The highest BCUT2D eigenvalue weighted by Crippen LogP contribution is 2.24. The molecule has 1 atom stereocenters. The second-order valence-corrected chi connectivity index (χ2v) is 4.93. The molecule has 3 nitrogen and oxygen atoms in total. The Labute approximate surface area is 121 Å². The van der Waals surface area contributed by atoms with E-state index in [-0.39, 0.29) is 11.1 Å². The molecule has 2 rings (SSSR count). The van der Waals surface area contributed by atoms with Crippen LogP contribution in [0.15, 0.2) is 36.4 Å². The van der Waals surface area contributed by atoms with E-state index in [1.54, 1.807) is 31.2 Å². The molecule has 0 aliphatic rings. The fraction of sp³-hybridized carbons (Fsp3) is 0.188. The molecular weight excluding hydrogens is 274 g/mol. The zero-order chi connectivity index (χ0) is 15.6. The summed E-state index contributed by atoms with van der Waals surface area (Å²) in [5.41, 5.74) is 6.66. The minimum absolute atomic E-state index is 0.225. The maximum atomic E-state index is 13.9. The smallest absolute Gasteiger partial charge is 0.248 e. The summed E-state index contributed by atoms with van der Waals surface area (Å²) in [4.78, 5) is 11.1. The van der Waals surface area contributed by atoms with Crippen molar-refractivity contribution in [1.29, 1.82) is 0 Å². The lowest BCUT2D eigenvalue weighted by Crippen LogP contribution is -2.13. The number of hydrogen-bond donors (Lipinski definition) is 2. The van der Waals surface area contributed by atoms with Gasteiger partial charge in [-0.25, -0.2) is 8.78 Å². The van der Waals surface area contributed by atoms with Crippen LogP contribution in [0.2, 0.25) is 0 Å². The topological polar surface area (TPSA) is 55.1 Å². The number of nitrogens with one attached hydrogen (secondary N) is 1. The summed E-state index contributed by atoms with van der Waals surface area (Å²) in [5, 5.41) is 3.03. The Morgan fingerprint density at radius 3 is 2.57 bits per heavy atom. The fourth-order valence-corrected chi connectivity index (χ4v) is 2.08. The fourth-order valence-electron chi connectivity index (χ4n) is 2.08. The summed E-state index contributed by atoms with van der Waals surface area (Å²) in [6.45, 7) is 3.22. The van der Waals surface area contributed by atoms with Crippen LogP contribution in [0.3, 0.4) is 0 Å². The number of anilines is 1. The third kappa shape index (κ3) is 3.37. The quantitative estimate of drug-likeness (QED) is 0.904. The van der Waals surface area contributed by atoms with Gasteiger partial charge < -0.3 is 11.1 Å². The molecule has 0 aliphatic carbocycles. The van der Waals surface area contributed by atoms with E-state index in [4.69, 9.17) is 5.73 Å².